The van der Waals surface area contributed by atoms with Crippen molar-refractivity contribution in [2.75, 3.05) is 5.32 Å². The summed E-state index contributed by atoms with van der Waals surface area (Å²) in [6, 6.07) is 5.09. The van der Waals surface area contributed by atoms with Gasteiger partial charge in [-0.2, -0.15) is 0 Å². The van der Waals surface area contributed by atoms with E-state index in [1.807, 2.05) is 20.8 Å². The number of rotatable bonds is 3. The summed E-state index contributed by atoms with van der Waals surface area (Å²) >= 11 is 5.87. The number of amides is 2. The van der Waals surface area contributed by atoms with Crippen LogP contribution in [0.25, 0.3) is 0 Å². The third-order valence-electron chi connectivity index (χ3n) is 3.07. The van der Waals surface area contributed by atoms with Crippen LogP contribution in [-0.2, 0) is 9.59 Å². The summed E-state index contributed by atoms with van der Waals surface area (Å²) in [5.74, 6) is -1.31. The van der Waals surface area contributed by atoms with Crippen molar-refractivity contribution < 1.29 is 9.59 Å². The van der Waals surface area contributed by atoms with Crippen molar-refractivity contribution in [3.05, 3.63) is 28.8 Å². The molecule has 22 heavy (non-hydrogen) atoms. The van der Waals surface area contributed by atoms with Gasteiger partial charge in [-0.1, -0.05) is 32.4 Å². The van der Waals surface area contributed by atoms with E-state index in [1.165, 1.54) is 0 Å². The molecular weight excluding hydrogens is 300 g/mol. The van der Waals surface area contributed by atoms with Gasteiger partial charge in [0.25, 0.3) is 0 Å². The van der Waals surface area contributed by atoms with Crippen LogP contribution in [0.4, 0.5) is 5.69 Å². The van der Waals surface area contributed by atoms with Gasteiger partial charge in [0.1, 0.15) is 0 Å². The molecule has 1 aromatic rings. The minimum atomic E-state index is -0.674. The van der Waals surface area contributed by atoms with Crippen molar-refractivity contribution in [3.8, 4) is 0 Å². The molecule has 2 amide bonds. The summed E-state index contributed by atoms with van der Waals surface area (Å²) in [4.78, 5) is 24.1. The van der Waals surface area contributed by atoms with E-state index in [0.717, 1.165) is 12.0 Å². The molecular formula is C17H25ClN2O2. The molecule has 4 nitrogen and oxygen atoms in total. The maximum atomic E-state index is 12.1. The minimum absolute atomic E-state index is 0.0556. The predicted molar refractivity (Wildman–Crippen MR) is 91.1 cm³/mol. The van der Waals surface area contributed by atoms with Gasteiger partial charge in [0.05, 0.1) is 0 Å². The van der Waals surface area contributed by atoms with Crippen molar-refractivity contribution in [2.45, 2.75) is 53.5 Å². The van der Waals surface area contributed by atoms with Crippen molar-refractivity contribution in [2.24, 2.45) is 5.41 Å². The molecule has 0 aliphatic carbocycles. The Hall–Kier alpha value is -1.55. The highest BCUT2D eigenvalue weighted by molar-refractivity contribution is 6.40. The molecule has 1 rings (SSSR count). The van der Waals surface area contributed by atoms with E-state index >= 15 is 0 Å². The fraction of sp³-hybridized carbons (Fsp3) is 0.529. The zero-order valence-electron chi connectivity index (χ0n) is 14.1. The van der Waals surface area contributed by atoms with Gasteiger partial charge in [0.15, 0.2) is 0 Å². The van der Waals surface area contributed by atoms with Crippen LogP contribution in [0.3, 0.4) is 0 Å². The molecule has 0 atom stereocenters. The zero-order valence-corrected chi connectivity index (χ0v) is 14.9. The number of nitrogens with one attached hydrogen (secondary N) is 2. The molecule has 0 aliphatic rings. The van der Waals surface area contributed by atoms with Gasteiger partial charge in [-0.25, -0.2) is 0 Å². The van der Waals surface area contributed by atoms with E-state index in [-0.39, 0.29) is 5.41 Å². The maximum absolute atomic E-state index is 12.1. The average molecular weight is 325 g/mol. The van der Waals surface area contributed by atoms with Gasteiger partial charge in [0, 0.05) is 16.2 Å². The summed E-state index contributed by atoms with van der Waals surface area (Å²) in [5.41, 5.74) is 0.989. The van der Waals surface area contributed by atoms with Crippen LogP contribution in [0.5, 0.6) is 0 Å². The Morgan fingerprint density at radius 1 is 1.09 bits per heavy atom. The first-order valence-electron chi connectivity index (χ1n) is 7.29. The molecule has 1 aromatic carbocycles. The second-order valence-electron chi connectivity index (χ2n) is 7.49. The lowest BCUT2D eigenvalue weighted by atomic mass is 9.82. The minimum Gasteiger partial charge on any atom is -0.343 e. The van der Waals surface area contributed by atoms with Gasteiger partial charge in [-0.3, -0.25) is 9.59 Å². The van der Waals surface area contributed by atoms with Crippen molar-refractivity contribution in [1.82, 2.24) is 5.32 Å². The van der Waals surface area contributed by atoms with Crippen LogP contribution in [0.1, 0.15) is 46.6 Å². The number of carbonyl (C=O) groups is 2. The largest absolute Gasteiger partial charge is 0.343 e. The Morgan fingerprint density at radius 2 is 1.68 bits per heavy atom. The molecule has 5 heteroatoms. The number of anilines is 1. The monoisotopic (exact) mass is 324 g/mol. The standard InChI is InChI=1S/C17H25ClN2O2/c1-11-9-12(18)7-8-13(11)19-14(21)15(22)20-17(5,6)10-16(2,3)4/h7-9H,10H2,1-6H3,(H,19,21)(H,20,22). The highest BCUT2D eigenvalue weighted by Gasteiger charge is 2.29. The summed E-state index contributed by atoms with van der Waals surface area (Å²) < 4.78 is 0. The number of aryl methyl sites for hydroxylation is 1. The van der Waals surface area contributed by atoms with Gasteiger partial charge >= 0.3 is 11.8 Å². The Balaban J connectivity index is 2.71. The highest BCUT2D eigenvalue weighted by atomic mass is 35.5. The second kappa shape index (κ2) is 6.69. The number of halogens is 1. The van der Waals surface area contributed by atoms with E-state index in [0.29, 0.717) is 10.7 Å². The zero-order chi connectivity index (χ0) is 17.1. The number of benzene rings is 1. The molecule has 0 spiro atoms. The lowest BCUT2D eigenvalue weighted by Gasteiger charge is -2.33. The van der Waals surface area contributed by atoms with E-state index in [1.54, 1.807) is 18.2 Å². The quantitative estimate of drug-likeness (QED) is 0.828. The van der Waals surface area contributed by atoms with E-state index < -0.39 is 17.4 Å². The van der Waals surface area contributed by atoms with Gasteiger partial charge < -0.3 is 10.6 Å². The normalized spacial score (nSPS) is 12.0. The number of carbonyl (C=O) groups excluding carboxylic acids is 2. The molecule has 0 aromatic heterocycles. The van der Waals surface area contributed by atoms with Crippen LogP contribution in [0, 0.1) is 12.3 Å². The molecule has 0 heterocycles. The second-order valence-corrected chi connectivity index (χ2v) is 7.93. The summed E-state index contributed by atoms with van der Waals surface area (Å²) in [6.07, 6.45) is 0.763. The molecule has 0 radical (unpaired) electrons. The van der Waals surface area contributed by atoms with Crippen molar-refractivity contribution in [3.63, 3.8) is 0 Å². The third kappa shape index (κ3) is 6.06. The first-order chi connectivity index (χ1) is 9.89. The van der Waals surface area contributed by atoms with Crippen molar-refractivity contribution in [1.29, 1.82) is 0 Å². The molecule has 122 valence electrons. The van der Waals surface area contributed by atoms with Crippen LogP contribution >= 0.6 is 11.6 Å². The summed E-state index contributed by atoms with van der Waals surface area (Å²) in [7, 11) is 0. The number of hydrogen-bond donors (Lipinski definition) is 2. The Kier molecular flexibility index (Phi) is 5.63. The number of hydrogen-bond acceptors (Lipinski definition) is 2. The van der Waals surface area contributed by atoms with Crippen LogP contribution in [0.15, 0.2) is 18.2 Å². The first-order valence-corrected chi connectivity index (χ1v) is 7.67. The van der Waals surface area contributed by atoms with E-state index in [9.17, 15) is 9.59 Å². The van der Waals surface area contributed by atoms with E-state index in [2.05, 4.69) is 31.4 Å². The predicted octanol–water partition coefficient (Wildman–Crippen LogP) is 3.92. The maximum Gasteiger partial charge on any atom is 0.313 e. The van der Waals surface area contributed by atoms with Gasteiger partial charge in [-0.15, -0.1) is 0 Å². The van der Waals surface area contributed by atoms with Crippen molar-refractivity contribution >= 4 is 29.1 Å². The third-order valence-corrected chi connectivity index (χ3v) is 3.30. The summed E-state index contributed by atoms with van der Waals surface area (Å²) in [5, 5.41) is 5.99. The van der Waals surface area contributed by atoms with Gasteiger partial charge in [-0.05, 0) is 56.4 Å². The molecule has 0 unspecified atom stereocenters. The first kappa shape index (κ1) is 18.5. The fourth-order valence-electron chi connectivity index (χ4n) is 2.68. The Morgan fingerprint density at radius 3 is 2.18 bits per heavy atom. The lowest BCUT2D eigenvalue weighted by Crippen LogP contribution is -2.49. The Labute approximate surface area is 137 Å². The lowest BCUT2D eigenvalue weighted by molar-refractivity contribution is -0.137. The topological polar surface area (TPSA) is 58.2 Å². The molecule has 0 fully saturated rings. The molecule has 0 aliphatic heterocycles. The smallest absolute Gasteiger partial charge is 0.313 e. The van der Waals surface area contributed by atoms with Gasteiger partial charge in [0.2, 0.25) is 0 Å². The highest BCUT2D eigenvalue weighted by Crippen LogP contribution is 2.26. The summed E-state index contributed by atoms with van der Waals surface area (Å²) in [6.45, 7) is 11.9. The molecule has 0 bridgehead atoms. The van der Waals surface area contributed by atoms with E-state index in [4.69, 9.17) is 11.6 Å². The average Bonchev–Trinajstić information content (AvgIpc) is 2.28. The fourth-order valence-corrected chi connectivity index (χ4v) is 2.91. The van der Waals surface area contributed by atoms with Crippen LogP contribution < -0.4 is 10.6 Å². The van der Waals surface area contributed by atoms with Crippen LogP contribution in [-0.4, -0.2) is 17.4 Å². The molecule has 0 saturated heterocycles. The Bertz CT molecular complexity index is 575. The molecule has 0 saturated carbocycles. The SMILES string of the molecule is Cc1cc(Cl)ccc1NC(=O)C(=O)NC(C)(C)CC(C)(C)C. The van der Waals surface area contributed by atoms with Crippen LogP contribution in [0.2, 0.25) is 5.02 Å². The molecule has 2 N–H and O–H groups in total.